The van der Waals surface area contributed by atoms with Gasteiger partial charge in [-0.05, 0) is 37.5 Å². The molecule has 1 heterocycles. The van der Waals surface area contributed by atoms with E-state index in [-0.39, 0.29) is 11.8 Å². The summed E-state index contributed by atoms with van der Waals surface area (Å²) in [7, 11) is -4.60. The average molecular weight is 316 g/mol. The van der Waals surface area contributed by atoms with Crippen molar-refractivity contribution in [2.24, 2.45) is 0 Å². The number of hydrogen-bond donors (Lipinski definition) is 2. The normalized spacial score (nSPS) is 17.9. The summed E-state index contributed by atoms with van der Waals surface area (Å²) in [4.78, 5) is 0.330. The van der Waals surface area contributed by atoms with Gasteiger partial charge in [0.15, 0.2) is 0 Å². The van der Waals surface area contributed by atoms with Crippen molar-refractivity contribution in [1.29, 1.82) is 0 Å². The molecule has 2 atom stereocenters. The first-order valence-electron chi connectivity index (χ1n) is 6.59. The van der Waals surface area contributed by atoms with Crippen LogP contribution in [0.4, 0.5) is 5.69 Å². The molecule has 112 valence electrons. The molecule has 0 fully saturated rings. The smallest absolute Gasteiger partial charge is 0.240 e. The fourth-order valence-electron chi connectivity index (χ4n) is 2.15. The molecule has 20 heavy (non-hydrogen) atoms. The third kappa shape index (κ3) is 3.39. The molecule has 2 unspecified atom stereocenters. The van der Waals surface area contributed by atoms with E-state index in [1.54, 1.807) is 25.3 Å². The van der Waals surface area contributed by atoms with E-state index in [0.29, 0.717) is 4.90 Å². The highest BCUT2D eigenvalue weighted by atomic mass is 32.2. The van der Waals surface area contributed by atoms with Gasteiger partial charge in [0.2, 0.25) is 10.0 Å². The number of hydrogen-bond acceptors (Lipinski definition) is 4. The zero-order chi connectivity index (χ0) is 14.8. The van der Waals surface area contributed by atoms with E-state index in [4.69, 9.17) is 0 Å². The van der Waals surface area contributed by atoms with Crippen LogP contribution in [-0.4, -0.2) is 37.2 Å². The van der Waals surface area contributed by atoms with E-state index in [1.807, 2.05) is 6.07 Å². The molecule has 5 nitrogen and oxygen atoms in total. The molecule has 1 aromatic rings. The summed E-state index contributed by atoms with van der Waals surface area (Å²) >= 11 is 0. The Kier molecular flexibility index (Phi) is 4.82. The monoisotopic (exact) mass is 316 g/mol. The molecule has 1 aromatic carbocycles. The second-order valence-corrected chi connectivity index (χ2v) is 8.51. The summed E-state index contributed by atoms with van der Waals surface area (Å²) in [5, 5.41) is 3.01. The van der Waals surface area contributed by atoms with Crippen molar-refractivity contribution in [2.75, 3.05) is 24.7 Å². The van der Waals surface area contributed by atoms with Gasteiger partial charge in [0.05, 0.1) is 4.90 Å². The SMILES string of the molecule is CC(CNS(=O)(=O)c1cccc2c1CCCN2)S(C)=O. The molecule has 0 spiro atoms. The Hall–Kier alpha value is -0.920. The molecule has 0 bridgehead atoms. The van der Waals surface area contributed by atoms with Crippen molar-refractivity contribution >= 4 is 26.5 Å². The summed E-state index contributed by atoms with van der Waals surface area (Å²) in [6.07, 6.45) is 3.26. The van der Waals surface area contributed by atoms with Gasteiger partial charge in [0, 0.05) is 41.1 Å². The van der Waals surface area contributed by atoms with E-state index < -0.39 is 20.8 Å². The van der Waals surface area contributed by atoms with Crippen LogP contribution in [0, 0.1) is 0 Å². The van der Waals surface area contributed by atoms with Gasteiger partial charge >= 0.3 is 0 Å². The minimum atomic E-state index is -3.55. The third-order valence-electron chi connectivity index (χ3n) is 3.47. The van der Waals surface area contributed by atoms with E-state index in [2.05, 4.69) is 10.0 Å². The fraction of sp³-hybridized carbons (Fsp3) is 0.538. The second-order valence-electron chi connectivity index (χ2n) is 4.97. The highest BCUT2D eigenvalue weighted by molar-refractivity contribution is 7.89. The van der Waals surface area contributed by atoms with Gasteiger partial charge < -0.3 is 5.32 Å². The van der Waals surface area contributed by atoms with Gasteiger partial charge in [-0.15, -0.1) is 0 Å². The van der Waals surface area contributed by atoms with Crippen LogP contribution in [0.3, 0.4) is 0 Å². The van der Waals surface area contributed by atoms with Crippen molar-refractivity contribution in [3.05, 3.63) is 23.8 Å². The molecule has 1 aliphatic rings. The highest BCUT2D eigenvalue weighted by Crippen LogP contribution is 2.28. The quantitative estimate of drug-likeness (QED) is 0.853. The largest absolute Gasteiger partial charge is 0.385 e. The number of rotatable bonds is 5. The predicted molar refractivity (Wildman–Crippen MR) is 82.0 cm³/mol. The molecule has 0 amide bonds. The predicted octanol–water partition coefficient (Wildman–Crippen LogP) is 1.09. The van der Waals surface area contributed by atoms with Gasteiger partial charge in [0.1, 0.15) is 0 Å². The first kappa shape index (κ1) is 15.5. The molecular formula is C13H20N2O3S2. The van der Waals surface area contributed by atoms with Gasteiger partial charge in [0.25, 0.3) is 0 Å². The van der Waals surface area contributed by atoms with Crippen LogP contribution in [-0.2, 0) is 27.2 Å². The summed E-state index contributed by atoms with van der Waals surface area (Å²) in [6, 6.07) is 5.27. The minimum absolute atomic E-state index is 0.183. The Labute approximate surface area is 122 Å². The first-order valence-corrected chi connectivity index (χ1v) is 9.70. The third-order valence-corrected chi connectivity index (χ3v) is 6.28. The number of fused-ring (bicyclic) bond motifs is 1. The van der Waals surface area contributed by atoms with Crippen molar-refractivity contribution in [3.8, 4) is 0 Å². The zero-order valence-electron chi connectivity index (χ0n) is 11.7. The maximum atomic E-state index is 12.4. The molecule has 0 saturated carbocycles. The lowest BCUT2D eigenvalue weighted by Gasteiger charge is -2.21. The molecule has 2 rings (SSSR count). The van der Waals surface area contributed by atoms with E-state index >= 15 is 0 Å². The Morgan fingerprint density at radius 3 is 2.90 bits per heavy atom. The van der Waals surface area contributed by atoms with E-state index in [9.17, 15) is 12.6 Å². The topological polar surface area (TPSA) is 75.3 Å². The molecule has 2 N–H and O–H groups in total. The molecule has 0 aliphatic carbocycles. The molecule has 7 heteroatoms. The number of nitrogens with one attached hydrogen (secondary N) is 2. The molecule has 0 radical (unpaired) electrons. The van der Waals surface area contributed by atoms with Gasteiger partial charge in [-0.3, -0.25) is 4.21 Å². The Morgan fingerprint density at radius 1 is 1.45 bits per heavy atom. The lowest BCUT2D eigenvalue weighted by atomic mass is 10.0. The summed E-state index contributed by atoms with van der Waals surface area (Å²) in [5.41, 5.74) is 1.74. The van der Waals surface area contributed by atoms with Crippen molar-refractivity contribution < 1.29 is 12.6 Å². The number of sulfonamides is 1. The van der Waals surface area contributed by atoms with Crippen LogP contribution in [0.15, 0.2) is 23.1 Å². The maximum absolute atomic E-state index is 12.4. The van der Waals surface area contributed by atoms with Crippen molar-refractivity contribution in [2.45, 2.75) is 29.9 Å². The van der Waals surface area contributed by atoms with Crippen LogP contribution in [0.25, 0.3) is 0 Å². The number of benzene rings is 1. The van der Waals surface area contributed by atoms with Crippen LogP contribution >= 0.6 is 0 Å². The standard InChI is InChI=1S/C13H20N2O3S2/c1-10(19(2)16)9-15-20(17,18)13-7-3-6-12-11(13)5-4-8-14-12/h3,6-7,10,14-15H,4-5,8-9H2,1-2H3. The molecular weight excluding hydrogens is 296 g/mol. The van der Waals surface area contributed by atoms with E-state index in [0.717, 1.165) is 30.6 Å². The fourth-order valence-corrected chi connectivity index (χ4v) is 3.99. The summed E-state index contributed by atoms with van der Waals surface area (Å²) in [6.45, 7) is 2.82. The van der Waals surface area contributed by atoms with Crippen LogP contribution < -0.4 is 10.0 Å². The Balaban J connectivity index is 2.24. The average Bonchev–Trinajstić information content (AvgIpc) is 2.44. The molecule has 0 aromatic heterocycles. The lowest BCUT2D eigenvalue weighted by molar-refractivity contribution is 0.579. The molecule has 0 saturated heterocycles. The van der Waals surface area contributed by atoms with Crippen molar-refractivity contribution in [3.63, 3.8) is 0 Å². The number of anilines is 1. The van der Waals surface area contributed by atoms with Crippen LogP contribution in [0.2, 0.25) is 0 Å². The Bertz CT molecular complexity index is 614. The minimum Gasteiger partial charge on any atom is -0.385 e. The lowest BCUT2D eigenvalue weighted by Crippen LogP contribution is -2.33. The second kappa shape index (κ2) is 6.24. The Morgan fingerprint density at radius 2 is 2.20 bits per heavy atom. The van der Waals surface area contributed by atoms with Gasteiger partial charge in [-0.25, -0.2) is 13.1 Å². The van der Waals surface area contributed by atoms with Crippen molar-refractivity contribution in [1.82, 2.24) is 4.72 Å². The van der Waals surface area contributed by atoms with Crippen LogP contribution in [0.5, 0.6) is 0 Å². The summed E-state index contributed by atoms with van der Waals surface area (Å²) < 4.78 is 38.6. The highest BCUT2D eigenvalue weighted by Gasteiger charge is 2.23. The first-order chi connectivity index (χ1) is 9.42. The maximum Gasteiger partial charge on any atom is 0.240 e. The molecule has 1 aliphatic heterocycles. The summed E-state index contributed by atoms with van der Waals surface area (Å²) in [5.74, 6) is 0. The zero-order valence-corrected chi connectivity index (χ0v) is 13.3. The van der Waals surface area contributed by atoms with E-state index in [1.165, 1.54) is 0 Å². The van der Waals surface area contributed by atoms with Crippen LogP contribution in [0.1, 0.15) is 18.9 Å². The van der Waals surface area contributed by atoms with Gasteiger partial charge in [-0.1, -0.05) is 6.07 Å². The van der Waals surface area contributed by atoms with Gasteiger partial charge in [-0.2, -0.15) is 0 Å².